The zero-order valence-corrected chi connectivity index (χ0v) is 13.8. The minimum atomic E-state index is -0.511. The molecule has 0 saturated carbocycles. The maximum Gasteiger partial charge on any atom is 0.252 e. The van der Waals surface area contributed by atoms with Gasteiger partial charge in [0.15, 0.2) is 0 Å². The number of rotatable bonds is 3. The second-order valence-corrected chi connectivity index (χ2v) is 6.89. The Morgan fingerprint density at radius 1 is 1.38 bits per heavy atom. The Hall–Kier alpha value is -2.30. The molecule has 0 saturated heterocycles. The molecular formula is C17H17N3O3S. The number of aliphatic hydroxyl groups is 1. The zero-order valence-electron chi connectivity index (χ0n) is 12.9. The van der Waals surface area contributed by atoms with Crippen molar-refractivity contribution in [2.24, 2.45) is 5.92 Å². The van der Waals surface area contributed by atoms with E-state index >= 15 is 0 Å². The molecule has 1 aromatic carbocycles. The predicted octanol–water partition coefficient (Wildman–Crippen LogP) is 1.11. The van der Waals surface area contributed by atoms with Gasteiger partial charge in [-0.25, -0.2) is 0 Å². The molecule has 2 unspecified atom stereocenters. The van der Waals surface area contributed by atoms with Crippen molar-refractivity contribution < 1.29 is 14.7 Å². The molecule has 0 spiro atoms. The number of amides is 2. The third-order valence-corrected chi connectivity index (χ3v) is 5.55. The second kappa shape index (κ2) is 7.07. The van der Waals surface area contributed by atoms with Crippen LogP contribution in [0.4, 0.5) is 0 Å². The van der Waals surface area contributed by atoms with Crippen molar-refractivity contribution in [2.45, 2.75) is 11.8 Å². The van der Waals surface area contributed by atoms with Crippen LogP contribution in [0.15, 0.2) is 40.8 Å². The van der Waals surface area contributed by atoms with Crippen LogP contribution in [-0.4, -0.2) is 46.9 Å². The van der Waals surface area contributed by atoms with Gasteiger partial charge in [-0.3, -0.25) is 9.59 Å². The largest absolute Gasteiger partial charge is 0.387 e. The van der Waals surface area contributed by atoms with E-state index in [1.54, 1.807) is 29.2 Å². The lowest BCUT2D eigenvalue weighted by molar-refractivity contribution is -0.133. The van der Waals surface area contributed by atoms with E-state index in [2.05, 4.69) is 11.4 Å². The molecule has 2 amide bonds. The fourth-order valence-electron chi connectivity index (χ4n) is 2.97. The SMILES string of the molecule is N#CC1C2=C(CN(C(=O)CO)CC2)SC1NC(=O)c1ccccc1. The van der Waals surface area contributed by atoms with Crippen LogP contribution in [0.2, 0.25) is 0 Å². The van der Waals surface area contributed by atoms with E-state index in [0.717, 1.165) is 10.5 Å². The van der Waals surface area contributed by atoms with Gasteiger partial charge in [0.05, 0.1) is 23.9 Å². The molecule has 3 rings (SSSR count). The summed E-state index contributed by atoms with van der Waals surface area (Å²) in [6, 6.07) is 11.2. The molecule has 124 valence electrons. The number of hydrogen-bond acceptors (Lipinski definition) is 5. The van der Waals surface area contributed by atoms with Crippen molar-refractivity contribution >= 4 is 23.6 Å². The van der Waals surface area contributed by atoms with Gasteiger partial charge in [-0.1, -0.05) is 18.2 Å². The van der Waals surface area contributed by atoms with Gasteiger partial charge < -0.3 is 15.3 Å². The Morgan fingerprint density at radius 3 is 2.79 bits per heavy atom. The minimum Gasteiger partial charge on any atom is -0.387 e. The van der Waals surface area contributed by atoms with Gasteiger partial charge in [0, 0.05) is 17.0 Å². The summed E-state index contributed by atoms with van der Waals surface area (Å²) in [4.78, 5) is 26.5. The van der Waals surface area contributed by atoms with Gasteiger partial charge in [-0.15, -0.1) is 11.8 Å². The number of carbonyl (C=O) groups excluding carboxylic acids is 2. The molecule has 0 bridgehead atoms. The van der Waals surface area contributed by atoms with Crippen LogP contribution in [0, 0.1) is 17.2 Å². The van der Waals surface area contributed by atoms with E-state index in [0.29, 0.717) is 25.1 Å². The van der Waals surface area contributed by atoms with Crippen LogP contribution in [0.1, 0.15) is 16.8 Å². The monoisotopic (exact) mass is 343 g/mol. The molecule has 7 heteroatoms. The predicted molar refractivity (Wildman–Crippen MR) is 89.7 cm³/mol. The van der Waals surface area contributed by atoms with Crippen molar-refractivity contribution in [1.82, 2.24) is 10.2 Å². The Labute approximate surface area is 144 Å². The van der Waals surface area contributed by atoms with Crippen LogP contribution in [0.5, 0.6) is 0 Å². The first-order valence-electron chi connectivity index (χ1n) is 7.66. The molecule has 24 heavy (non-hydrogen) atoms. The molecule has 2 atom stereocenters. The average molecular weight is 343 g/mol. The number of nitriles is 1. The summed E-state index contributed by atoms with van der Waals surface area (Å²) in [6.45, 7) is 0.384. The maximum atomic E-state index is 12.3. The number of benzene rings is 1. The number of hydrogen-bond donors (Lipinski definition) is 2. The van der Waals surface area contributed by atoms with Crippen LogP contribution >= 0.6 is 11.8 Å². The Kier molecular flexibility index (Phi) is 4.88. The van der Waals surface area contributed by atoms with Crippen molar-refractivity contribution in [3.05, 3.63) is 46.4 Å². The van der Waals surface area contributed by atoms with Gasteiger partial charge in [0.2, 0.25) is 5.91 Å². The summed E-state index contributed by atoms with van der Waals surface area (Å²) >= 11 is 1.43. The third kappa shape index (κ3) is 3.16. The Morgan fingerprint density at radius 2 is 2.12 bits per heavy atom. The van der Waals surface area contributed by atoms with Crippen LogP contribution in [0.3, 0.4) is 0 Å². The number of thioether (sulfide) groups is 1. The third-order valence-electron chi connectivity index (χ3n) is 4.23. The summed E-state index contributed by atoms with van der Waals surface area (Å²) in [5.41, 5.74) is 1.56. The molecule has 2 heterocycles. The first-order valence-corrected chi connectivity index (χ1v) is 8.54. The van der Waals surface area contributed by atoms with Crippen molar-refractivity contribution in [1.29, 1.82) is 5.26 Å². The number of nitrogens with zero attached hydrogens (tertiary/aromatic N) is 2. The highest BCUT2D eigenvalue weighted by molar-refractivity contribution is 8.04. The Bertz CT molecular complexity index is 726. The molecule has 2 N–H and O–H groups in total. The van der Waals surface area contributed by atoms with Crippen molar-refractivity contribution in [3.63, 3.8) is 0 Å². The van der Waals surface area contributed by atoms with Crippen molar-refractivity contribution in [2.75, 3.05) is 19.7 Å². The molecule has 0 aromatic heterocycles. The summed E-state index contributed by atoms with van der Waals surface area (Å²) in [5.74, 6) is -0.909. The van der Waals surface area contributed by atoms with E-state index in [9.17, 15) is 14.9 Å². The fraction of sp³-hybridized carbons (Fsp3) is 0.353. The lowest BCUT2D eigenvalue weighted by Crippen LogP contribution is -2.38. The van der Waals surface area contributed by atoms with E-state index in [-0.39, 0.29) is 23.1 Å². The molecule has 0 radical (unpaired) electrons. The number of carbonyl (C=O) groups is 2. The zero-order chi connectivity index (χ0) is 17.1. The average Bonchev–Trinajstić information content (AvgIpc) is 2.97. The number of aliphatic hydroxyl groups excluding tert-OH is 1. The second-order valence-electron chi connectivity index (χ2n) is 5.66. The number of nitrogens with one attached hydrogen (secondary N) is 1. The summed E-state index contributed by atoms with van der Waals surface area (Å²) in [5, 5.41) is 21.1. The quantitative estimate of drug-likeness (QED) is 0.857. The maximum absolute atomic E-state index is 12.3. The fourth-order valence-corrected chi connectivity index (χ4v) is 4.41. The molecule has 0 fully saturated rings. The standard InChI is InChI=1S/C17H17N3O3S/c18-8-13-12-6-7-20(15(22)10-21)9-14(12)24-17(13)19-16(23)11-4-2-1-3-5-11/h1-5,13,17,21H,6-7,9-10H2,(H,19,23). The Balaban J connectivity index is 1.71. The van der Waals surface area contributed by atoms with E-state index < -0.39 is 6.61 Å². The first kappa shape index (κ1) is 16.6. The lowest BCUT2D eigenvalue weighted by Gasteiger charge is -2.27. The first-order chi connectivity index (χ1) is 11.6. The topological polar surface area (TPSA) is 93.4 Å². The molecule has 2 aliphatic heterocycles. The van der Waals surface area contributed by atoms with Crippen LogP contribution < -0.4 is 5.32 Å². The van der Waals surface area contributed by atoms with E-state index in [1.165, 1.54) is 11.8 Å². The molecular weight excluding hydrogens is 326 g/mol. The van der Waals surface area contributed by atoms with Crippen LogP contribution in [-0.2, 0) is 4.79 Å². The summed E-state index contributed by atoms with van der Waals surface area (Å²) in [6.07, 6.45) is 0.601. The molecule has 6 nitrogen and oxygen atoms in total. The van der Waals surface area contributed by atoms with Gasteiger partial charge in [-0.05, 0) is 24.1 Å². The van der Waals surface area contributed by atoms with E-state index in [4.69, 9.17) is 5.11 Å². The molecule has 1 aromatic rings. The van der Waals surface area contributed by atoms with Gasteiger partial charge >= 0.3 is 0 Å². The van der Waals surface area contributed by atoms with E-state index in [1.807, 2.05) is 6.07 Å². The lowest BCUT2D eigenvalue weighted by atomic mass is 9.94. The van der Waals surface area contributed by atoms with Gasteiger partial charge in [-0.2, -0.15) is 5.26 Å². The minimum absolute atomic E-state index is 0.212. The summed E-state index contributed by atoms with van der Waals surface area (Å²) < 4.78 is 0. The van der Waals surface area contributed by atoms with Crippen molar-refractivity contribution in [3.8, 4) is 6.07 Å². The normalized spacial score (nSPS) is 22.8. The smallest absolute Gasteiger partial charge is 0.252 e. The highest BCUT2D eigenvalue weighted by Gasteiger charge is 2.39. The molecule has 0 aliphatic carbocycles. The van der Waals surface area contributed by atoms with Gasteiger partial charge in [0.1, 0.15) is 6.61 Å². The summed E-state index contributed by atoms with van der Waals surface area (Å²) in [7, 11) is 0. The van der Waals surface area contributed by atoms with Gasteiger partial charge in [0.25, 0.3) is 5.91 Å². The highest BCUT2D eigenvalue weighted by Crippen LogP contribution is 2.44. The molecule has 2 aliphatic rings. The van der Waals surface area contributed by atoms with Crippen LogP contribution in [0.25, 0.3) is 0 Å². The highest BCUT2D eigenvalue weighted by atomic mass is 32.2.